The first-order chi connectivity index (χ1) is 12.6. The fraction of sp³-hybridized carbons (Fsp3) is 0.333. The van der Waals surface area contributed by atoms with Gasteiger partial charge in [-0.05, 0) is 61.9 Å². The predicted octanol–water partition coefficient (Wildman–Crippen LogP) is 8.95. The van der Waals surface area contributed by atoms with Crippen molar-refractivity contribution in [3.63, 3.8) is 0 Å². The topological polar surface area (TPSA) is 0 Å². The maximum absolute atomic E-state index is 2.35. The van der Waals surface area contributed by atoms with E-state index in [0.29, 0.717) is 0 Å². The Bertz CT molecular complexity index is 1130. The average Bonchev–Trinajstić information content (AvgIpc) is 3.03. The zero-order valence-corrected chi connectivity index (χ0v) is 18.0. The van der Waals surface area contributed by atoms with Crippen LogP contribution in [0.2, 0.25) is 0 Å². The first kappa shape index (κ1) is 20.6. The van der Waals surface area contributed by atoms with Gasteiger partial charge in [0, 0.05) is 9.58 Å². The largest absolute Gasteiger partial charge is 0.140 e. The zero-order chi connectivity index (χ0) is 19.4. The lowest BCUT2D eigenvalue weighted by molar-refractivity contribution is 0.591. The molecule has 0 aliphatic heterocycles. The number of thiophene rings is 1. The van der Waals surface area contributed by atoms with Crippen molar-refractivity contribution in [2.24, 2.45) is 0 Å². The molecule has 0 N–H and O–H groups in total. The lowest BCUT2D eigenvalue weighted by atomic mass is 9.85. The fourth-order valence-electron chi connectivity index (χ4n) is 3.47. The van der Waals surface area contributed by atoms with Crippen LogP contribution in [0, 0.1) is 0 Å². The fourth-order valence-corrected chi connectivity index (χ4v) is 4.63. The smallest absolute Gasteiger partial charge is 0.0352 e. The van der Waals surface area contributed by atoms with Crippen molar-refractivity contribution in [3.8, 4) is 11.1 Å². The van der Waals surface area contributed by atoms with E-state index in [2.05, 4.69) is 102 Å². The van der Waals surface area contributed by atoms with Crippen LogP contribution >= 0.6 is 11.3 Å². The van der Waals surface area contributed by atoms with Gasteiger partial charge in [0.1, 0.15) is 0 Å². The van der Waals surface area contributed by atoms with E-state index in [-0.39, 0.29) is 18.3 Å². The molecule has 0 saturated carbocycles. The standard InChI is InChI=1S/C26H28S.CH4/c1-25(2,3)22-12-11-18-13-17(7-8-19(18)14-22)20-9-10-21-16-24(26(4,5)6)27-23(21)15-20;/h7-16H,1-6H3;1H4. The first-order valence-corrected chi connectivity index (χ1v) is 10.5. The molecule has 0 atom stereocenters. The Morgan fingerprint density at radius 2 is 1.14 bits per heavy atom. The van der Waals surface area contributed by atoms with E-state index >= 15 is 0 Å². The second-order valence-electron chi connectivity index (χ2n) is 9.64. The lowest BCUT2D eigenvalue weighted by Crippen LogP contribution is -2.10. The van der Waals surface area contributed by atoms with Gasteiger partial charge in [0.25, 0.3) is 0 Å². The molecule has 0 nitrogen and oxygen atoms in total. The van der Waals surface area contributed by atoms with Crippen LogP contribution in [0.4, 0.5) is 0 Å². The number of hydrogen-bond acceptors (Lipinski definition) is 1. The van der Waals surface area contributed by atoms with E-state index < -0.39 is 0 Å². The summed E-state index contributed by atoms with van der Waals surface area (Å²) in [5.41, 5.74) is 4.36. The third-order valence-corrected chi connectivity index (χ3v) is 6.82. The summed E-state index contributed by atoms with van der Waals surface area (Å²) in [5.74, 6) is 0. The van der Waals surface area contributed by atoms with E-state index in [1.165, 1.54) is 42.4 Å². The minimum absolute atomic E-state index is 0. The monoisotopic (exact) mass is 388 g/mol. The highest BCUT2D eigenvalue weighted by atomic mass is 32.1. The van der Waals surface area contributed by atoms with Gasteiger partial charge in [0.2, 0.25) is 0 Å². The molecule has 0 fully saturated rings. The third-order valence-electron chi connectivity index (χ3n) is 5.30. The lowest BCUT2D eigenvalue weighted by Gasteiger charge is -2.19. The van der Waals surface area contributed by atoms with E-state index in [0.717, 1.165) is 0 Å². The summed E-state index contributed by atoms with van der Waals surface area (Å²) in [5, 5.41) is 3.98. The molecule has 0 saturated heterocycles. The van der Waals surface area contributed by atoms with Crippen LogP contribution in [0.15, 0.2) is 60.7 Å². The van der Waals surface area contributed by atoms with Gasteiger partial charge in [0.15, 0.2) is 0 Å². The summed E-state index contributed by atoms with van der Waals surface area (Å²) in [6.07, 6.45) is 0. The average molecular weight is 389 g/mol. The van der Waals surface area contributed by atoms with Crippen LogP contribution in [0.5, 0.6) is 0 Å². The van der Waals surface area contributed by atoms with Crippen molar-refractivity contribution in [2.45, 2.75) is 59.8 Å². The number of fused-ring (bicyclic) bond motifs is 2. The van der Waals surface area contributed by atoms with Gasteiger partial charge >= 0.3 is 0 Å². The first-order valence-electron chi connectivity index (χ1n) is 9.70. The molecule has 3 aromatic carbocycles. The highest BCUT2D eigenvalue weighted by Crippen LogP contribution is 2.37. The number of rotatable bonds is 1. The maximum atomic E-state index is 2.35. The molecule has 1 heteroatoms. The second kappa shape index (κ2) is 7.04. The Morgan fingerprint density at radius 3 is 1.79 bits per heavy atom. The van der Waals surface area contributed by atoms with Crippen molar-refractivity contribution in [2.75, 3.05) is 0 Å². The van der Waals surface area contributed by atoms with Gasteiger partial charge in [-0.15, -0.1) is 11.3 Å². The quantitative estimate of drug-likeness (QED) is 0.305. The molecular formula is C27H32S. The van der Waals surface area contributed by atoms with E-state index in [4.69, 9.17) is 0 Å². The molecule has 0 bridgehead atoms. The van der Waals surface area contributed by atoms with Crippen molar-refractivity contribution in [1.82, 2.24) is 0 Å². The van der Waals surface area contributed by atoms with Gasteiger partial charge in [0.05, 0.1) is 0 Å². The van der Waals surface area contributed by atoms with Crippen molar-refractivity contribution < 1.29 is 0 Å². The number of hydrogen-bond donors (Lipinski definition) is 0. The van der Waals surface area contributed by atoms with E-state index in [1.54, 1.807) is 0 Å². The normalized spacial score (nSPS) is 12.4. The van der Waals surface area contributed by atoms with E-state index in [1.807, 2.05) is 11.3 Å². The SMILES string of the molecule is C.CC(C)(C)c1ccc2cc(-c3ccc4cc(C(C)(C)C)sc4c3)ccc2c1. The predicted molar refractivity (Wildman–Crippen MR) is 129 cm³/mol. The summed E-state index contributed by atoms with van der Waals surface area (Å²) in [6.45, 7) is 13.7. The molecule has 4 rings (SSSR count). The van der Waals surface area contributed by atoms with Crippen molar-refractivity contribution in [3.05, 3.63) is 71.1 Å². The molecule has 4 aromatic rings. The number of benzene rings is 3. The van der Waals surface area contributed by atoms with Crippen LogP contribution < -0.4 is 0 Å². The summed E-state index contributed by atoms with van der Waals surface area (Å²) >= 11 is 1.92. The second-order valence-corrected chi connectivity index (χ2v) is 10.7. The Balaban J connectivity index is 0.00000225. The zero-order valence-electron chi connectivity index (χ0n) is 17.2. The molecule has 1 aromatic heterocycles. The highest BCUT2D eigenvalue weighted by Gasteiger charge is 2.17. The third kappa shape index (κ3) is 3.86. The molecule has 28 heavy (non-hydrogen) atoms. The Morgan fingerprint density at radius 1 is 0.571 bits per heavy atom. The van der Waals surface area contributed by atoms with Crippen LogP contribution in [0.25, 0.3) is 32.0 Å². The molecule has 0 radical (unpaired) electrons. The van der Waals surface area contributed by atoms with Gasteiger partial charge in [-0.3, -0.25) is 0 Å². The van der Waals surface area contributed by atoms with Gasteiger partial charge in [-0.25, -0.2) is 0 Å². The summed E-state index contributed by atoms with van der Waals surface area (Å²) in [6, 6.07) is 22.9. The van der Waals surface area contributed by atoms with Crippen LogP contribution in [0.1, 0.15) is 59.4 Å². The van der Waals surface area contributed by atoms with Crippen LogP contribution in [-0.4, -0.2) is 0 Å². The summed E-state index contributed by atoms with van der Waals surface area (Å²) in [7, 11) is 0. The minimum atomic E-state index is 0. The molecule has 0 aliphatic rings. The molecule has 0 aliphatic carbocycles. The van der Waals surface area contributed by atoms with E-state index in [9.17, 15) is 0 Å². The molecule has 1 heterocycles. The van der Waals surface area contributed by atoms with Crippen LogP contribution in [0.3, 0.4) is 0 Å². The Labute approximate surface area is 174 Å². The summed E-state index contributed by atoms with van der Waals surface area (Å²) < 4.78 is 1.38. The molecule has 0 amide bonds. The van der Waals surface area contributed by atoms with Crippen molar-refractivity contribution >= 4 is 32.2 Å². The molecule has 146 valence electrons. The maximum Gasteiger partial charge on any atom is 0.0352 e. The summed E-state index contributed by atoms with van der Waals surface area (Å²) in [4.78, 5) is 1.45. The van der Waals surface area contributed by atoms with Crippen LogP contribution in [-0.2, 0) is 10.8 Å². The molecule has 0 unspecified atom stereocenters. The van der Waals surface area contributed by atoms with Gasteiger partial charge < -0.3 is 0 Å². The van der Waals surface area contributed by atoms with Gasteiger partial charge in [-0.1, -0.05) is 91.4 Å². The molecular weight excluding hydrogens is 356 g/mol. The Kier molecular flexibility index (Phi) is 5.18. The van der Waals surface area contributed by atoms with Gasteiger partial charge in [-0.2, -0.15) is 0 Å². The Hall–Kier alpha value is -2.12. The highest BCUT2D eigenvalue weighted by molar-refractivity contribution is 7.19. The minimum Gasteiger partial charge on any atom is -0.140 e. The van der Waals surface area contributed by atoms with Crippen molar-refractivity contribution in [1.29, 1.82) is 0 Å². The molecule has 0 spiro atoms.